The molecular weight excluding hydrogens is 438 g/mol. The first-order valence-electron chi connectivity index (χ1n) is 12.3. The minimum atomic E-state index is -0.172. The van der Waals surface area contributed by atoms with Crippen LogP contribution in [0.15, 0.2) is 78.9 Å². The molecule has 35 heavy (non-hydrogen) atoms. The SMILES string of the molecule is CCCCCCOc1ccc(NC(=O)CNc2cccc(C(=O)N(CC)c3ccccc3)c2)cc1. The van der Waals surface area contributed by atoms with Gasteiger partial charge in [0, 0.05) is 29.2 Å². The Bertz CT molecular complexity index is 1070. The van der Waals surface area contributed by atoms with Crippen LogP contribution in [0.2, 0.25) is 0 Å². The number of hydrogen-bond donors (Lipinski definition) is 2. The summed E-state index contributed by atoms with van der Waals surface area (Å²) in [6.07, 6.45) is 4.67. The second-order valence-electron chi connectivity index (χ2n) is 8.30. The van der Waals surface area contributed by atoms with Crippen molar-refractivity contribution < 1.29 is 14.3 Å². The van der Waals surface area contributed by atoms with Crippen LogP contribution in [0.4, 0.5) is 17.1 Å². The van der Waals surface area contributed by atoms with E-state index in [0.717, 1.165) is 17.9 Å². The molecule has 6 heteroatoms. The largest absolute Gasteiger partial charge is 0.494 e. The maximum Gasteiger partial charge on any atom is 0.258 e. The van der Waals surface area contributed by atoms with Crippen LogP contribution in [0.1, 0.15) is 49.9 Å². The molecule has 2 amide bonds. The zero-order chi connectivity index (χ0) is 24.9. The Hall–Kier alpha value is -3.80. The minimum absolute atomic E-state index is 0.0838. The molecule has 0 unspecified atom stereocenters. The fourth-order valence-corrected chi connectivity index (χ4v) is 3.71. The van der Waals surface area contributed by atoms with Gasteiger partial charge in [0.1, 0.15) is 5.75 Å². The summed E-state index contributed by atoms with van der Waals surface area (Å²) < 4.78 is 5.75. The zero-order valence-corrected chi connectivity index (χ0v) is 20.6. The number of anilines is 3. The fraction of sp³-hybridized carbons (Fsp3) is 0.310. The van der Waals surface area contributed by atoms with Crippen molar-refractivity contribution in [3.05, 3.63) is 84.4 Å². The van der Waals surface area contributed by atoms with Crippen molar-refractivity contribution in [1.29, 1.82) is 0 Å². The van der Waals surface area contributed by atoms with Crippen molar-refractivity contribution >= 4 is 28.9 Å². The standard InChI is InChI=1S/C29H35N3O3/c1-3-5-6-10-20-35-27-18-16-24(17-19-27)31-28(33)22-30-25-13-11-12-23(21-25)29(34)32(4-2)26-14-8-7-9-15-26/h7-9,11-19,21,30H,3-6,10,20,22H2,1-2H3,(H,31,33). The topological polar surface area (TPSA) is 70.7 Å². The molecule has 0 heterocycles. The van der Waals surface area contributed by atoms with Gasteiger partial charge >= 0.3 is 0 Å². The summed E-state index contributed by atoms with van der Waals surface area (Å²) in [5.41, 5.74) is 2.83. The van der Waals surface area contributed by atoms with Crippen LogP contribution in [-0.2, 0) is 4.79 Å². The molecule has 0 bridgehead atoms. The van der Waals surface area contributed by atoms with E-state index in [2.05, 4.69) is 17.6 Å². The lowest BCUT2D eigenvalue weighted by molar-refractivity contribution is -0.114. The molecule has 0 saturated heterocycles. The van der Waals surface area contributed by atoms with E-state index in [9.17, 15) is 9.59 Å². The summed E-state index contributed by atoms with van der Waals surface area (Å²) in [5.74, 6) is 0.546. The first-order valence-corrected chi connectivity index (χ1v) is 12.3. The Labute approximate surface area is 208 Å². The van der Waals surface area contributed by atoms with Gasteiger partial charge in [-0.1, -0.05) is 50.5 Å². The van der Waals surface area contributed by atoms with Gasteiger partial charge in [-0.25, -0.2) is 0 Å². The van der Waals surface area contributed by atoms with Gasteiger partial charge in [-0.15, -0.1) is 0 Å². The van der Waals surface area contributed by atoms with E-state index in [0.29, 0.717) is 30.1 Å². The van der Waals surface area contributed by atoms with Crippen LogP contribution < -0.4 is 20.3 Å². The van der Waals surface area contributed by atoms with Gasteiger partial charge in [-0.05, 0) is 67.9 Å². The first kappa shape index (κ1) is 25.8. The van der Waals surface area contributed by atoms with Crippen LogP contribution in [0, 0.1) is 0 Å². The highest BCUT2D eigenvalue weighted by molar-refractivity contribution is 6.06. The molecule has 0 aromatic heterocycles. The third-order valence-electron chi connectivity index (χ3n) is 5.60. The normalized spacial score (nSPS) is 10.5. The molecule has 3 rings (SSSR count). The molecule has 0 saturated carbocycles. The van der Waals surface area contributed by atoms with Gasteiger partial charge in [-0.3, -0.25) is 9.59 Å². The number of ether oxygens (including phenoxy) is 1. The molecule has 0 atom stereocenters. The first-order chi connectivity index (χ1) is 17.1. The Morgan fingerprint density at radius 2 is 1.60 bits per heavy atom. The highest BCUT2D eigenvalue weighted by Gasteiger charge is 2.16. The predicted octanol–water partition coefficient (Wildman–Crippen LogP) is 6.36. The van der Waals surface area contributed by atoms with Crippen LogP contribution >= 0.6 is 0 Å². The molecule has 2 N–H and O–H groups in total. The van der Waals surface area contributed by atoms with Crippen LogP contribution in [0.25, 0.3) is 0 Å². The molecule has 0 aliphatic heterocycles. The summed E-state index contributed by atoms with van der Waals surface area (Å²) in [5, 5.41) is 5.98. The molecule has 0 fully saturated rings. The van der Waals surface area contributed by atoms with Gasteiger partial charge in [0.25, 0.3) is 5.91 Å². The maximum absolute atomic E-state index is 13.1. The van der Waals surface area contributed by atoms with Crippen LogP contribution in [-0.4, -0.2) is 31.5 Å². The van der Waals surface area contributed by atoms with E-state index >= 15 is 0 Å². The quantitative estimate of drug-likeness (QED) is 0.283. The fourth-order valence-electron chi connectivity index (χ4n) is 3.71. The molecule has 3 aromatic carbocycles. The lowest BCUT2D eigenvalue weighted by Gasteiger charge is -2.21. The third kappa shape index (κ3) is 8.18. The summed E-state index contributed by atoms with van der Waals surface area (Å²) >= 11 is 0. The van der Waals surface area contributed by atoms with Gasteiger partial charge in [0.2, 0.25) is 5.91 Å². The average Bonchev–Trinajstić information content (AvgIpc) is 2.89. The van der Waals surface area contributed by atoms with Gasteiger partial charge in [0.15, 0.2) is 0 Å². The molecule has 3 aromatic rings. The van der Waals surface area contributed by atoms with Crippen molar-refractivity contribution in [2.75, 3.05) is 35.2 Å². The van der Waals surface area contributed by atoms with E-state index in [-0.39, 0.29) is 18.4 Å². The number of benzene rings is 3. The Kier molecular flexibility index (Phi) is 10.2. The number of para-hydroxylation sites is 1. The van der Waals surface area contributed by atoms with Crippen molar-refractivity contribution in [2.45, 2.75) is 39.5 Å². The second-order valence-corrected chi connectivity index (χ2v) is 8.30. The van der Waals surface area contributed by atoms with Crippen molar-refractivity contribution in [3.63, 3.8) is 0 Å². The number of rotatable bonds is 13. The smallest absolute Gasteiger partial charge is 0.258 e. The Balaban J connectivity index is 1.49. The molecule has 0 spiro atoms. The van der Waals surface area contributed by atoms with Crippen molar-refractivity contribution in [1.82, 2.24) is 0 Å². The number of hydrogen-bond acceptors (Lipinski definition) is 4. The zero-order valence-electron chi connectivity index (χ0n) is 20.6. The number of carbonyl (C=O) groups is 2. The molecule has 184 valence electrons. The number of amides is 2. The average molecular weight is 474 g/mol. The molecular formula is C29H35N3O3. The molecule has 0 radical (unpaired) electrons. The third-order valence-corrected chi connectivity index (χ3v) is 5.60. The molecule has 6 nitrogen and oxygen atoms in total. The van der Waals surface area contributed by atoms with Gasteiger partial charge < -0.3 is 20.3 Å². The lowest BCUT2D eigenvalue weighted by Crippen LogP contribution is -2.30. The lowest BCUT2D eigenvalue weighted by atomic mass is 10.1. The van der Waals surface area contributed by atoms with E-state index in [1.807, 2.05) is 73.7 Å². The predicted molar refractivity (Wildman–Crippen MR) is 143 cm³/mol. The van der Waals surface area contributed by atoms with Crippen molar-refractivity contribution in [3.8, 4) is 5.75 Å². The second kappa shape index (κ2) is 13.8. The summed E-state index contributed by atoms with van der Waals surface area (Å²) in [6.45, 7) is 5.49. The summed E-state index contributed by atoms with van der Waals surface area (Å²) in [4.78, 5) is 27.2. The van der Waals surface area contributed by atoms with E-state index in [4.69, 9.17) is 4.74 Å². The van der Waals surface area contributed by atoms with Crippen LogP contribution in [0.5, 0.6) is 5.75 Å². The highest BCUT2D eigenvalue weighted by atomic mass is 16.5. The van der Waals surface area contributed by atoms with Crippen molar-refractivity contribution in [2.24, 2.45) is 0 Å². The highest BCUT2D eigenvalue weighted by Crippen LogP contribution is 2.19. The Morgan fingerprint density at radius 3 is 2.31 bits per heavy atom. The molecule has 0 aliphatic carbocycles. The Morgan fingerprint density at radius 1 is 0.829 bits per heavy atom. The van der Waals surface area contributed by atoms with E-state index < -0.39 is 0 Å². The summed E-state index contributed by atoms with van der Waals surface area (Å²) in [7, 11) is 0. The minimum Gasteiger partial charge on any atom is -0.494 e. The van der Waals surface area contributed by atoms with E-state index in [1.54, 1.807) is 17.0 Å². The summed E-state index contributed by atoms with van der Waals surface area (Å²) in [6, 6.07) is 24.2. The number of unbranched alkanes of at least 4 members (excludes halogenated alkanes) is 3. The number of nitrogens with zero attached hydrogens (tertiary/aromatic N) is 1. The van der Waals surface area contributed by atoms with Crippen LogP contribution in [0.3, 0.4) is 0 Å². The number of nitrogens with one attached hydrogen (secondary N) is 2. The number of carbonyl (C=O) groups excluding carboxylic acids is 2. The monoisotopic (exact) mass is 473 g/mol. The maximum atomic E-state index is 13.1. The van der Waals surface area contributed by atoms with E-state index in [1.165, 1.54) is 19.3 Å². The van der Waals surface area contributed by atoms with Gasteiger partial charge in [0.05, 0.1) is 13.2 Å². The molecule has 0 aliphatic rings. The van der Waals surface area contributed by atoms with Gasteiger partial charge in [-0.2, -0.15) is 0 Å².